The van der Waals surface area contributed by atoms with Crippen LogP contribution < -0.4 is 5.32 Å². The molecular formula is C16H23FN2O. The van der Waals surface area contributed by atoms with Crippen molar-refractivity contribution in [2.45, 2.75) is 39.2 Å². The van der Waals surface area contributed by atoms with Gasteiger partial charge in [0.25, 0.3) is 0 Å². The van der Waals surface area contributed by atoms with Crippen LogP contribution in [0, 0.1) is 12.7 Å². The Morgan fingerprint density at radius 2 is 2.05 bits per heavy atom. The minimum atomic E-state index is -0.211. The van der Waals surface area contributed by atoms with E-state index in [-0.39, 0.29) is 11.7 Å². The second kappa shape index (κ2) is 7.39. The van der Waals surface area contributed by atoms with Gasteiger partial charge in [0.2, 0.25) is 5.91 Å². The molecule has 4 heteroatoms. The zero-order valence-electron chi connectivity index (χ0n) is 12.1. The molecule has 1 aliphatic rings. The van der Waals surface area contributed by atoms with Crippen molar-refractivity contribution in [3.8, 4) is 0 Å². The number of likely N-dealkylation sites (tertiary alicyclic amines) is 1. The van der Waals surface area contributed by atoms with Crippen LogP contribution in [-0.4, -0.2) is 30.4 Å². The zero-order valence-corrected chi connectivity index (χ0v) is 12.1. The lowest BCUT2D eigenvalue weighted by Crippen LogP contribution is -2.37. The molecule has 0 aliphatic carbocycles. The van der Waals surface area contributed by atoms with Crippen molar-refractivity contribution in [2.24, 2.45) is 0 Å². The number of hydrogen-bond donors (Lipinski definition) is 1. The summed E-state index contributed by atoms with van der Waals surface area (Å²) < 4.78 is 13.1. The van der Waals surface area contributed by atoms with Gasteiger partial charge in [-0.1, -0.05) is 6.07 Å². The number of carbonyl (C=O) groups is 1. The summed E-state index contributed by atoms with van der Waals surface area (Å²) in [6.07, 6.45) is 4.01. The van der Waals surface area contributed by atoms with E-state index in [0.29, 0.717) is 19.5 Å². The van der Waals surface area contributed by atoms with Crippen molar-refractivity contribution < 1.29 is 9.18 Å². The fraction of sp³-hybridized carbons (Fsp3) is 0.562. The third-order valence-corrected chi connectivity index (χ3v) is 3.85. The highest BCUT2D eigenvalue weighted by atomic mass is 19.1. The highest BCUT2D eigenvalue weighted by Crippen LogP contribution is 2.11. The molecule has 0 unspecified atom stereocenters. The number of benzene rings is 1. The summed E-state index contributed by atoms with van der Waals surface area (Å²) in [7, 11) is 0. The summed E-state index contributed by atoms with van der Waals surface area (Å²) >= 11 is 0. The Labute approximate surface area is 120 Å². The second-order valence-electron chi connectivity index (χ2n) is 5.44. The molecule has 3 nitrogen and oxygen atoms in total. The summed E-state index contributed by atoms with van der Waals surface area (Å²) in [5.41, 5.74) is 2.02. The largest absolute Gasteiger partial charge is 0.343 e. The van der Waals surface area contributed by atoms with Crippen molar-refractivity contribution >= 4 is 5.91 Å². The number of hydrogen-bond acceptors (Lipinski definition) is 2. The van der Waals surface area contributed by atoms with Crippen LogP contribution in [-0.2, 0) is 11.3 Å². The van der Waals surface area contributed by atoms with Crippen molar-refractivity contribution in [1.82, 2.24) is 10.2 Å². The van der Waals surface area contributed by atoms with Crippen LogP contribution in [0.4, 0.5) is 4.39 Å². The normalized spacial score (nSPS) is 15.4. The SMILES string of the molecule is Cc1ccc(F)cc1CNCCC(=O)N1CCCCC1. The van der Waals surface area contributed by atoms with E-state index in [1.54, 1.807) is 12.1 Å². The van der Waals surface area contributed by atoms with Gasteiger partial charge in [-0.15, -0.1) is 0 Å². The maximum atomic E-state index is 13.1. The predicted octanol–water partition coefficient (Wildman–Crippen LogP) is 2.63. The summed E-state index contributed by atoms with van der Waals surface area (Å²) in [5.74, 6) is 0.0185. The Bertz CT molecular complexity index is 456. The van der Waals surface area contributed by atoms with Crippen molar-refractivity contribution in [3.05, 3.63) is 35.1 Å². The number of carbonyl (C=O) groups excluding carboxylic acids is 1. The van der Waals surface area contributed by atoms with Gasteiger partial charge in [-0.2, -0.15) is 0 Å². The first-order valence-corrected chi connectivity index (χ1v) is 7.40. The Kier molecular flexibility index (Phi) is 5.53. The minimum absolute atomic E-state index is 0.211. The molecule has 0 spiro atoms. The molecule has 1 amide bonds. The molecule has 20 heavy (non-hydrogen) atoms. The van der Waals surface area contributed by atoms with Gasteiger partial charge in [-0.05, 0) is 49.4 Å². The standard InChI is InChI=1S/C16H23FN2O/c1-13-5-6-15(17)11-14(13)12-18-8-7-16(20)19-9-3-2-4-10-19/h5-6,11,18H,2-4,7-10,12H2,1H3. The van der Waals surface area contributed by atoms with Crippen LogP contribution in [0.25, 0.3) is 0 Å². The van der Waals surface area contributed by atoms with Gasteiger partial charge in [0.1, 0.15) is 5.82 Å². The van der Waals surface area contributed by atoms with Gasteiger partial charge in [-0.3, -0.25) is 4.79 Å². The third kappa shape index (κ3) is 4.30. The van der Waals surface area contributed by atoms with Gasteiger partial charge in [0.05, 0.1) is 0 Å². The van der Waals surface area contributed by atoms with E-state index in [0.717, 1.165) is 37.1 Å². The van der Waals surface area contributed by atoms with Crippen LogP contribution >= 0.6 is 0 Å². The zero-order chi connectivity index (χ0) is 14.4. The number of aryl methyl sites for hydroxylation is 1. The smallest absolute Gasteiger partial charge is 0.223 e. The maximum absolute atomic E-state index is 13.1. The summed E-state index contributed by atoms with van der Waals surface area (Å²) in [5, 5.41) is 3.23. The van der Waals surface area contributed by atoms with Crippen LogP contribution in [0.15, 0.2) is 18.2 Å². The fourth-order valence-corrected chi connectivity index (χ4v) is 2.55. The molecule has 2 rings (SSSR count). The number of rotatable bonds is 5. The molecule has 0 saturated carbocycles. The molecule has 1 aliphatic heterocycles. The molecule has 1 heterocycles. The molecule has 1 N–H and O–H groups in total. The summed E-state index contributed by atoms with van der Waals surface area (Å²) in [6.45, 7) is 5.03. The van der Waals surface area contributed by atoms with Gasteiger partial charge in [0, 0.05) is 32.6 Å². The number of piperidine rings is 1. The fourth-order valence-electron chi connectivity index (χ4n) is 2.55. The maximum Gasteiger partial charge on any atom is 0.223 e. The molecule has 1 aromatic carbocycles. The Morgan fingerprint density at radius 3 is 2.80 bits per heavy atom. The molecular weight excluding hydrogens is 255 g/mol. The molecule has 0 atom stereocenters. The molecule has 0 radical (unpaired) electrons. The lowest BCUT2D eigenvalue weighted by Gasteiger charge is -2.26. The molecule has 0 aromatic heterocycles. The molecule has 110 valence electrons. The highest BCUT2D eigenvalue weighted by molar-refractivity contribution is 5.76. The second-order valence-corrected chi connectivity index (χ2v) is 5.44. The van der Waals surface area contributed by atoms with Gasteiger partial charge < -0.3 is 10.2 Å². The minimum Gasteiger partial charge on any atom is -0.343 e. The van der Waals surface area contributed by atoms with E-state index in [9.17, 15) is 9.18 Å². The average Bonchev–Trinajstić information content (AvgIpc) is 2.47. The quantitative estimate of drug-likeness (QED) is 0.840. The Hall–Kier alpha value is -1.42. The molecule has 1 fully saturated rings. The van der Waals surface area contributed by atoms with Crippen LogP contribution in [0.3, 0.4) is 0 Å². The van der Waals surface area contributed by atoms with Gasteiger partial charge >= 0.3 is 0 Å². The molecule has 1 aromatic rings. The van der Waals surface area contributed by atoms with E-state index in [4.69, 9.17) is 0 Å². The summed E-state index contributed by atoms with van der Waals surface area (Å²) in [6, 6.07) is 4.80. The topological polar surface area (TPSA) is 32.3 Å². The van der Waals surface area contributed by atoms with Crippen molar-refractivity contribution in [2.75, 3.05) is 19.6 Å². The number of nitrogens with zero attached hydrogens (tertiary/aromatic N) is 1. The highest BCUT2D eigenvalue weighted by Gasteiger charge is 2.15. The van der Waals surface area contributed by atoms with E-state index >= 15 is 0 Å². The van der Waals surface area contributed by atoms with Crippen molar-refractivity contribution in [1.29, 1.82) is 0 Å². The van der Waals surface area contributed by atoms with E-state index in [1.807, 2.05) is 11.8 Å². The Balaban J connectivity index is 1.70. The van der Waals surface area contributed by atoms with Crippen LogP contribution in [0.1, 0.15) is 36.8 Å². The summed E-state index contributed by atoms with van der Waals surface area (Å²) in [4.78, 5) is 13.9. The first-order valence-electron chi connectivity index (χ1n) is 7.40. The third-order valence-electron chi connectivity index (χ3n) is 3.85. The number of nitrogens with one attached hydrogen (secondary N) is 1. The first-order chi connectivity index (χ1) is 9.66. The lowest BCUT2D eigenvalue weighted by molar-refractivity contribution is -0.131. The predicted molar refractivity (Wildman–Crippen MR) is 77.9 cm³/mol. The number of amides is 1. The Morgan fingerprint density at radius 1 is 1.30 bits per heavy atom. The number of halogens is 1. The van der Waals surface area contributed by atoms with Gasteiger partial charge in [-0.25, -0.2) is 4.39 Å². The van der Waals surface area contributed by atoms with E-state index in [1.165, 1.54) is 12.5 Å². The molecule has 0 bridgehead atoms. The van der Waals surface area contributed by atoms with Gasteiger partial charge in [0.15, 0.2) is 0 Å². The monoisotopic (exact) mass is 278 g/mol. The van der Waals surface area contributed by atoms with Crippen LogP contribution in [0.2, 0.25) is 0 Å². The average molecular weight is 278 g/mol. The van der Waals surface area contributed by atoms with E-state index in [2.05, 4.69) is 5.32 Å². The van der Waals surface area contributed by atoms with E-state index < -0.39 is 0 Å². The van der Waals surface area contributed by atoms with Crippen LogP contribution in [0.5, 0.6) is 0 Å². The van der Waals surface area contributed by atoms with Crippen molar-refractivity contribution in [3.63, 3.8) is 0 Å². The molecule has 1 saturated heterocycles. The lowest BCUT2D eigenvalue weighted by atomic mass is 10.1. The first kappa shape index (κ1) is 15.0.